The molecule has 19 heavy (non-hydrogen) atoms. The fourth-order valence-electron chi connectivity index (χ4n) is 3.60. The van der Waals surface area contributed by atoms with Crippen LogP contribution < -0.4 is 5.32 Å². The summed E-state index contributed by atoms with van der Waals surface area (Å²) in [5.41, 5.74) is 0. The van der Waals surface area contributed by atoms with E-state index in [4.69, 9.17) is 6.42 Å². The predicted molar refractivity (Wildman–Crippen MR) is 82.0 cm³/mol. The zero-order valence-electron chi connectivity index (χ0n) is 12.5. The van der Waals surface area contributed by atoms with Gasteiger partial charge in [0.05, 0.1) is 6.54 Å². The Kier molecular flexibility index (Phi) is 6.20. The second-order valence-electron chi connectivity index (χ2n) is 6.46. The van der Waals surface area contributed by atoms with E-state index in [0.717, 1.165) is 24.4 Å². The molecule has 0 bridgehead atoms. The second kappa shape index (κ2) is 7.92. The molecule has 2 nitrogen and oxygen atoms in total. The number of hydrogen-bond donors (Lipinski definition) is 1. The molecule has 1 aliphatic carbocycles. The maximum atomic E-state index is 5.37. The van der Waals surface area contributed by atoms with Crippen LogP contribution in [0, 0.1) is 24.2 Å². The number of likely N-dealkylation sites (tertiary alicyclic amines) is 1. The summed E-state index contributed by atoms with van der Waals surface area (Å²) in [5, 5.41) is 3.81. The molecule has 0 atom stereocenters. The van der Waals surface area contributed by atoms with E-state index in [-0.39, 0.29) is 0 Å². The molecule has 2 rings (SSSR count). The van der Waals surface area contributed by atoms with Gasteiger partial charge in [0.2, 0.25) is 0 Å². The number of rotatable bonds is 5. The van der Waals surface area contributed by atoms with Crippen LogP contribution in [0.3, 0.4) is 0 Å². The smallest absolute Gasteiger partial charge is 0.0598 e. The predicted octanol–water partition coefficient (Wildman–Crippen LogP) is 2.89. The third-order valence-electron chi connectivity index (χ3n) is 5.14. The van der Waals surface area contributed by atoms with Gasteiger partial charge in [0.1, 0.15) is 0 Å². The highest BCUT2D eigenvalue weighted by Gasteiger charge is 2.22. The van der Waals surface area contributed by atoms with E-state index in [0.29, 0.717) is 0 Å². The van der Waals surface area contributed by atoms with E-state index in [1.54, 1.807) is 0 Å². The first-order chi connectivity index (χ1) is 9.31. The maximum Gasteiger partial charge on any atom is 0.0598 e. The average Bonchev–Trinajstić information content (AvgIpc) is 2.47. The van der Waals surface area contributed by atoms with E-state index >= 15 is 0 Å². The number of nitrogens with zero attached hydrogens (tertiary/aromatic N) is 1. The third kappa shape index (κ3) is 4.82. The van der Waals surface area contributed by atoms with Gasteiger partial charge in [-0.05, 0) is 44.1 Å². The van der Waals surface area contributed by atoms with Crippen LogP contribution in [0.15, 0.2) is 0 Å². The molecule has 1 heterocycles. The summed E-state index contributed by atoms with van der Waals surface area (Å²) in [7, 11) is 0. The van der Waals surface area contributed by atoms with Crippen LogP contribution in [-0.2, 0) is 0 Å². The third-order valence-corrected chi connectivity index (χ3v) is 5.14. The second-order valence-corrected chi connectivity index (χ2v) is 6.46. The van der Waals surface area contributed by atoms with Crippen molar-refractivity contribution in [2.45, 2.75) is 57.9 Å². The van der Waals surface area contributed by atoms with Crippen LogP contribution in [0.1, 0.15) is 51.9 Å². The van der Waals surface area contributed by atoms with E-state index in [1.165, 1.54) is 64.6 Å². The Morgan fingerprint density at radius 3 is 2.26 bits per heavy atom. The van der Waals surface area contributed by atoms with Crippen LogP contribution >= 0.6 is 0 Å². The lowest BCUT2D eigenvalue weighted by Gasteiger charge is -2.33. The van der Waals surface area contributed by atoms with Crippen LogP contribution in [0.25, 0.3) is 0 Å². The van der Waals surface area contributed by atoms with Gasteiger partial charge in [-0.3, -0.25) is 4.90 Å². The minimum atomic E-state index is 0.734. The minimum Gasteiger partial charge on any atom is -0.314 e. The van der Waals surface area contributed by atoms with E-state index in [1.807, 2.05) is 0 Å². The first kappa shape index (κ1) is 14.9. The number of hydrogen-bond acceptors (Lipinski definition) is 2. The summed E-state index contributed by atoms with van der Waals surface area (Å²) >= 11 is 0. The van der Waals surface area contributed by atoms with E-state index < -0.39 is 0 Å². The summed E-state index contributed by atoms with van der Waals surface area (Å²) < 4.78 is 0. The summed E-state index contributed by atoms with van der Waals surface area (Å²) in [6.07, 6.45) is 15.1. The highest BCUT2D eigenvalue weighted by molar-refractivity contribution is 4.90. The number of piperidine rings is 1. The van der Waals surface area contributed by atoms with Crippen molar-refractivity contribution in [3.05, 3.63) is 0 Å². The Labute approximate surface area is 119 Å². The molecule has 2 heteroatoms. The van der Waals surface area contributed by atoms with Gasteiger partial charge < -0.3 is 5.32 Å². The minimum absolute atomic E-state index is 0.734. The maximum absolute atomic E-state index is 5.37. The molecule has 1 aliphatic heterocycles. The van der Waals surface area contributed by atoms with Gasteiger partial charge in [-0.2, -0.15) is 0 Å². The van der Waals surface area contributed by atoms with Crippen molar-refractivity contribution in [1.82, 2.24) is 10.2 Å². The lowest BCUT2D eigenvalue weighted by atomic mass is 9.81. The molecule has 1 saturated carbocycles. The first-order valence-electron chi connectivity index (χ1n) is 8.21. The molecular formula is C17H30N2. The normalized spacial score (nSPS) is 30.1. The molecule has 1 saturated heterocycles. The van der Waals surface area contributed by atoms with Gasteiger partial charge in [-0.1, -0.05) is 32.1 Å². The molecule has 0 aromatic rings. The zero-order valence-corrected chi connectivity index (χ0v) is 12.5. The fourth-order valence-corrected chi connectivity index (χ4v) is 3.60. The monoisotopic (exact) mass is 262 g/mol. The Hall–Kier alpha value is -0.520. The van der Waals surface area contributed by atoms with E-state index in [2.05, 4.69) is 23.1 Å². The Morgan fingerprint density at radius 2 is 1.68 bits per heavy atom. The number of terminal acetylenes is 1. The molecule has 0 spiro atoms. The van der Waals surface area contributed by atoms with Crippen LogP contribution in [0.4, 0.5) is 0 Å². The number of nitrogens with one attached hydrogen (secondary N) is 1. The average molecular weight is 262 g/mol. The zero-order chi connectivity index (χ0) is 13.5. The molecule has 2 fully saturated rings. The van der Waals surface area contributed by atoms with Crippen molar-refractivity contribution >= 4 is 0 Å². The lowest BCUT2D eigenvalue weighted by molar-refractivity contribution is 0.202. The Morgan fingerprint density at radius 1 is 1.05 bits per heavy atom. The van der Waals surface area contributed by atoms with Gasteiger partial charge in [0, 0.05) is 19.1 Å². The molecule has 1 N–H and O–H groups in total. The summed E-state index contributed by atoms with van der Waals surface area (Å²) in [6, 6.07) is 0.734. The van der Waals surface area contributed by atoms with Crippen molar-refractivity contribution in [3.8, 4) is 12.3 Å². The first-order valence-corrected chi connectivity index (χ1v) is 8.21. The molecule has 0 amide bonds. The topological polar surface area (TPSA) is 15.3 Å². The van der Waals surface area contributed by atoms with Crippen molar-refractivity contribution < 1.29 is 0 Å². The molecular weight excluding hydrogens is 232 g/mol. The highest BCUT2D eigenvalue weighted by Crippen LogP contribution is 2.30. The van der Waals surface area contributed by atoms with E-state index in [9.17, 15) is 0 Å². The van der Waals surface area contributed by atoms with Gasteiger partial charge in [0.25, 0.3) is 0 Å². The highest BCUT2D eigenvalue weighted by atomic mass is 15.1. The summed E-state index contributed by atoms with van der Waals surface area (Å²) in [4.78, 5) is 2.39. The summed E-state index contributed by atoms with van der Waals surface area (Å²) in [5.74, 6) is 4.70. The SMILES string of the molecule is C#CCN1CCC(NCC2CCC(CC)CC2)CC1. The van der Waals surface area contributed by atoms with Crippen molar-refractivity contribution in [1.29, 1.82) is 0 Å². The van der Waals surface area contributed by atoms with Gasteiger partial charge in [-0.15, -0.1) is 6.42 Å². The van der Waals surface area contributed by atoms with Crippen LogP contribution in [0.5, 0.6) is 0 Å². The molecule has 108 valence electrons. The Balaban J connectivity index is 1.58. The van der Waals surface area contributed by atoms with Crippen molar-refractivity contribution in [2.24, 2.45) is 11.8 Å². The van der Waals surface area contributed by atoms with Gasteiger partial charge in [-0.25, -0.2) is 0 Å². The standard InChI is InChI=1S/C17H30N2/c1-3-11-19-12-9-17(10-13-19)18-14-16-7-5-15(4-2)6-8-16/h1,15-18H,4-14H2,2H3. The lowest BCUT2D eigenvalue weighted by Crippen LogP contribution is -2.44. The molecule has 0 unspecified atom stereocenters. The van der Waals surface area contributed by atoms with Crippen LogP contribution in [-0.4, -0.2) is 37.1 Å². The van der Waals surface area contributed by atoms with Gasteiger partial charge >= 0.3 is 0 Å². The Bertz CT molecular complexity index is 278. The van der Waals surface area contributed by atoms with Gasteiger partial charge in [0.15, 0.2) is 0 Å². The quantitative estimate of drug-likeness (QED) is 0.766. The summed E-state index contributed by atoms with van der Waals surface area (Å²) in [6.45, 7) is 6.76. The largest absolute Gasteiger partial charge is 0.314 e. The van der Waals surface area contributed by atoms with Crippen molar-refractivity contribution in [2.75, 3.05) is 26.2 Å². The molecule has 0 radical (unpaired) electrons. The molecule has 0 aromatic carbocycles. The van der Waals surface area contributed by atoms with Crippen molar-refractivity contribution in [3.63, 3.8) is 0 Å². The molecule has 2 aliphatic rings. The molecule has 0 aromatic heterocycles. The van der Waals surface area contributed by atoms with Crippen LogP contribution in [0.2, 0.25) is 0 Å². The fraction of sp³-hybridized carbons (Fsp3) is 0.882.